The molecule has 0 unspecified atom stereocenters. The average molecular weight is 416 g/mol. The molecule has 4 heteroatoms. The van der Waals surface area contributed by atoms with Crippen LogP contribution in [0, 0.1) is 0 Å². The van der Waals surface area contributed by atoms with Crippen molar-refractivity contribution in [2.24, 2.45) is 0 Å². The Morgan fingerprint density at radius 1 is 0.935 bits per heavy atom. The Labute approximate surface area is 185 Å². The van der Waals surface area contributed by atoms with Gasteiger partial charge in [0.15, 0.2) is 0 Å². The Morgan fingerprint density at radius 3 is 2.55 bits per heavy atom. The summed E-state index contributed by atoms with van der Waals surface area (Å²) in [6.07, 6.45) is 8.64. The lowest BCUT2D eigenvalue weighted by atomic mass is 9.96. The number of benzene rings is 2. The molecule has 0 spiro atoms. The lowest BCUT2D eigenvalue weighted by molar-refractivity contribution is 0.0629. The summed E-state index contributed by atoms with van der Waals surface area (Å²) in [6, 6.07) is 16.9. The van der Waals surface area contributed by atoms with Crippen molar-refractivity contribution in [1.29, 1.82) is 0 Å². The third-order valence-corrected chi connectivity index (χ3v) is 7.14. The van der Waals surface area contributed by atoms with Crippen molar-refractivity contribution in [3.05, 3.63) is 65.4 Å². The van der Waals surface area contributed by atoms with Crippen molar-refractivity contribution < 1.29 is 4.79 Å². The predicted octanol–water partition coefficient (Wildman–Crippen LogP) is 6.15. The van der Waals surface area contributed by atoms with Gasteiger partial charge in [-0.2, -0.15) is 0 Å². The van der Waals surface area contributed by atoms with Crippen LogP contribution in [0.25, 0.3) is 10.9 Å². The molecule has 1 atom stereocenters. The van der Waals surface area contributed by atoms with Gasteiger partial charge in [-0.1, -0.05) is 69.4 Å². The molecule has 0 bridgehead atoms. The van der Waals surface area contributed by atoms with Gasteiger partial charge < -0.3 is 14.4 Å². The van der Waals surface area contributed by atoms with Crippen molar-refractivity contribution in [1.82, 2.24) is 9.47 Å². The smallest absolute Gasteiger partial charge is 0.257 e. The number of para-hydroxylation sites is 2. The fourth-order valence-electron chi connectivity index (χ4n) is 5.60. The summed E-state index contributed by atoms with van der Waals surface area (Å²) >= 11 is 0. The van der Waals surface area contributed by atoms with Crippen LogP contribution in [0.2, 0.25) is 0 Å². The van der Waals surface area contributed by atoms with Crippen LogP contribution in [0.15, 0.2) is 48.5 Å². The van der Waals surface area contributed by atoms with Crippen molar-refractivity contribution in [2.45, 2.75) is 64.6 Å². The van der Waals surface area contributed by atoms with E-state index < -0.39 is 0 Å². The van der Waals surface area contributed by atoms with Crippen molar-refractivity contribution in [3.8, 4) is 0 Å². The van der Waals surface area contributed by atoms with Crippen LogP contribution < -0.4 is 4.90 Å². The zero-order valence-corrected chi connectivity index (χ0v) is 18.8. The molecule has 2 aliphatic heterocycles. The maximum Gasteiger partial charge on any atom is 0.257 e. The quantitative estimate of drug-likeness (QED) is 0.433. The number of anilines is 1. The van der Waals surface area contributed by atoms with E-state index in [2.05, 4.69) is 58.7 Å². The lowest BCUT2D eigenvalue weighted by Crippen LogP contribution is -2.51. The molecular weight excluding hydrogens is 382 g/mol. The number of hydrogen-bond donors (Lipinski definition) is 0. The first-order valence-corrected chi connectivity index (χ1v) is 11.9. The van der Waals surface area contributed by atoms with Crippen LogP contribution in [0.5, 0.6) is 0 Å². The number of aromatic nitrogens is 1. The minimum absolute atomic E-state index is 0.0290. The molecule has 0 radical (unpaired) electrons. The summed E-state index contributed by atoms with van der Waals surface area (Å²) in [6.45, 7) is 4.07. The number of aryl methyl sites for hydroxylation is 1. The minimum Gasteiger partial charge on any atom is -0.349 e. The van der Waals surface area contributed by atoms with Gasteiger partial charge in [-0.3, -0.25) is 4.79 Å². The summed E-state index contributed by atoms with van der Waals surface area (Å²) < 4.78 is 2.53. The summed E-state index contributed by atoms with van der Waals surface area (Å²) in [5.41, 5.74) is 5.94. The highest BCUT2D eigenvalue weighted by Crippen LogP contribution is 2.44. The number of hydrogen-bond acceptors (Lipinski definition) is 2. The summed E-state index contributed by atoms with van der Waals surface area (Å²) in [5, 5.41) is 1.36. The van der Waals surface area contributed by atoms with Crippen LogP contribution in [0.4, 0.5) is 5.69 Å². The highest BCUT2D eigenvalue weighted by molar-refractivity contribution is 6.02. The Kier molecular flexibility index (Phi) is 5.47. The first-order valence-electron chi connectivity index (χ1n) is 11.9. The third kappa shape index (κ3) is 3.33. The van der Waals surface area contributed by atoms with E-state index in [0.29, 0.717) is 0 Å². The van der Waals surface area contributed by atoms with Gasteiger partial charge >= 0.3 is 0 Å². The molecule has 2 aliphatic rings. The second-order valence-corrected chi connectivity index (χ2v) is 9.05. The van der Waals surface area contributed by atoms with E-state index in [4.69, 9.17) is 0 Å². The van der Waals surface area contributed by atoms with Gasteiger partial charge in [0.05, 0.1) is 16.9 Å². The van der Waals surface area contributed by atoms with Gasteiger partial charge in [-0.25, -0.2) is 0 Å². The fourth-order valence-corrected chi connectivity index (χ4v) is 5.60. The first-order chi connectivity index (χ1) is 15.2. The third-order valence-electron chi connectivity index (χ3n) is 7.14. The largest absolute Gasteiger partial charge is 0.349 e. The summed E-state index contributed by atoms with van der Waals surface area (Å²) in [4.78, 5) is 17.8. The molecule has 1 aromatic heterocycles. The number of amides is 1. The SMILES string of the molecule is CCCCCCCCn1c2c(c3ccccc31)CCN1C(=O)c3ccccc3N(C)[C@H]21. The number of fused-ring (bicyclic) bond motifs is 6. The fraction of sp³-hybridized carbons (Fsp3) is 0.444. The van der Waals surface area contributed by atoms with E-state index in [1.165, 1.54) is 60.7 Å². The number of unbranched alkanes of at least 4 members (excludes halogenated alkanes) is 5. The summed E-state index contributed by atoms with van der Waals surface area (Å²) in [5.74, 6) is 0.167. The zero-order valence-electron chi connectivity index (χ0n) is 18.8. The van der Waals surface area contributed by atoms with Crippen molar-refractivity contribution >= 4 is 22.5 Å². The van der Waals surface area contributed by atoms with Gasteiger partial charge in [0.2, 0.25) is 0 Å². The molecule has 4 nitrogen and oxygen atoms in total. The van der Waals surface area contributed by atoms with Gasteiger partial charge in [0.1, 0.15) is 6.17 Å². The Balaban J connectivity index is 1.54. The predicted molar refractivity (Wildman–Crippen MR) is 128 cm³/mol. The molecule has 0 saturated carbocycles. The van der Waals surface area contributed by atoms with Gasteiger partial charge in [-0.15, -0.1) is 0 Å². The molecule has 0 aliphatic carbocycles. The van der Waals surface area contributed by atoms with Crippen molar-refractivity contribution in [3.63, 3.8) is 0 Å². The van der Waals surface area contributed by atoms with E-state index in [9.17, 15) is 4.79 Å². The van der Waals surface area contributed by atoms with E-state index in [-0.39, 0.29) is 12.1 Å². The minimum atomic E-state index is -0.0290. The van der Waals surface area contributed by atoms with E-state index in [1.54, 1.807) is 0 Å². The molecule has 31 heavy (non-hydrogen) atoms. The molecular formula is C27H33N3O. The average Bonchev–Trinajstić information content (AvgIpc) is 3.13. The molecule has 0 N–H and O–H groups in total. The second-order valence-electron chi connectivity index (χ2n) is 9.05. The normalized spacial score (nSPS) is 17.6. The molecule has 162 valence electrons. The van der Waals surface area contributed by atoms with Crippen LogP contribution >= 0.6 is 0 Å². The van der Waals surface area contributed by atoms with E-state index in [1.807, 2.05) is 18.2 Å². The molecule has 1 amide bonds. The Bertz CT molecular complexity index is 1100. The van der Waals surface area contributed by atoms with Crippen LogP contribution in [-0.2, 0) is 13.0 Å². The monoisotopic (exact) mass is 415 g/mol. The Morgan fingerprint density at radius 2 is 1.68 bits per heavy atom. The van der Waals surface area contributed by atoms with Gasteiger partial charge in [-0.05, 0) is 36.6 Å². The lowest BCUT2D eigenvalue weighted by Gasteiger charge is -2.46. The number of carbonyl (C=O) groups is 1. The second kappa shape index (κ2) is 8.41. The molecule has 0 saturated heterocycles. The molecule has 3 aromatic rings. The molecule has 5 rings (SSSR count). The number of nitrogens with zero attached hydrogens (tertiary/aromatic N) is 3. The van der Waals surface area contributed by atoms with Gasteiger partial charge in [0.25, 0.3) is 5.91 Å². The highest BCUT2D eigenvalue weighted by Gasteiger charge is 2.42. The maximum absolute atomic E-state index is 13.4. The summed E-state index contributed by atoms with van der Waals surface area (Å²) in [7, 11) is 2.14. The van der Waals surface area contributed by atoms with E-state index in [0.717, 1.165) is 30.8 Å². The zero-order chi connectivity index (χ0) is 21.4. The van der Waals surface area contributed by atoms with Crippen LogP contribution in [0.1, 0.15) is 73.2 Å². The standard InChI is InChI=1S/C27H33N3O/c1-3-4-5-6-7-12-18-29-24-16-11-8-13-20(24)21-17-19-30-26(25(21)29)28(2)23-15-10-9-14-22(23)27(30)31/h8-11,13-16,26H,3-7,12,17-19H2,1-2H3/t26-/m0/s1. The van der Waals surface area contributed by atoms with Crippen molar-refractivity contribution in [2.75, 3.05) is 18.5 Å². The maximum atomic E-state index is 13.4. The molecule has 3 heterocycles. The highest BCUT2D eigenvalue weighted by atomic mass is 16.2. The van der Waals surface area contributed by atoms with Gasteiger partial charge in [0, 0.05) is 31.0 Å². The molecule has 0 fully saturated rings. The number of rotatable bonds is 7. The topological polar surface area (TPSA) is 28.5 Å². The number of carbonyl (C=O) groups excluding carboxylic acids is 1. The van der Waals surface area contributed by atoms with Crippen LogP contribution in [-0.4, -0.2) is 29.0 Å². The molecule has 2 aromatic carbocycles. The van der Waals surface area contributed by atoms with E-state index >= 15 is 0 Å². The first kappa shape index (κ1) is 20.2. The van der Waals surface area contributed by atoms with Crippen LogP contribution in [0.3, 0.4) is 0 Å². The Hall–Kier alpha value is -2.75.